The van der Waals surface area contributed by atoms with Gasteiger partial charge in [0, 0.05) is 24.7 Å². The van der Waals surface area contributed by atoms with Crippen LogP contribution in [0.25, 0.3) is 15.9 Å². The van der Waals surface area contributed by atoms with E-state index in [1.807, 2.05) is 13.0 Å². The van der Waals surface area contributed by atoms with Gasteiger partial charge in [-0.05, 0) is 31.5 Å². The highest BCUT2D eigenvalue weighted by Crippen LogP contribution is 2.37. The number of hydrogen-bond donors (Lipinski definition) is 2. The molecule has 0 unspecified atom stereocenters. The molecule has 4 aromatic rings. The Morgan fingerprint density at radius 2 is 2.03 bits per heavy atom. The van der Waals surface area contributed by atoms with Crippen LogP contribution in [0.5, 0.6) is 0 Å². The molecule has 0 atom stereocenters. The van der Waals surface area contributed by atoms with Crippen molar-refractivity contribution >= 4 is 56.1 Å². The lowest BCUT2D eigenvalue weighted by atomic mass is 10.1. The third-order valence-corrected chi connectivity index (χ3v) is 6.96. The van der Waals surface area contributed by atoms with Crippen LogP contribution in [0, 0.1) is 13.8 Å². The molecule has 5 heterocycles. The molecule has 33 heavy (non-hydrogen) atoms. The van der Waals surface area contributed by atoms with E-state index in [1.165, 1.54) is 11.3 Å². The Bertz CT molecular complexity index is 1430. The zero-order chi connectivity index (χ0) is 23.7. The van der Waals surface area contributed by atoms with Crippen LogP contribution >= 0.6 is 22.9 Å². The normalized spacial score (nSPS) is 14.8. The van der Waals surface area contributed by atoms with Gasteiger partial charge < -0.3 is 16.0 Å². The van der Waals surface area contributed by atoms with Gasteiger partial charge in [0.1, 0.15) is 21.2 Å². The predicted octanol–water partition coefficient (Wildman–Crippen LogP) is 3.83. The van der Waals surface area contributed by atoms with Gasteiger partial charge in [-0.1, -0.05) is 11.6 Å². The smallest absolute Gasteiger partial charge is 0.397 e. The summed E-state index contributed by atoms with van der Waals surface area (Å²) in [5.41, 5.74) is 7.45. The summed E-state index contributed by atoms with van der Waals surface area (Å²) >= 11 is 7.27. The summed E-state index contributed by atoms with van der Waals surface area (Å²) in [6.07, 6.45) is -3.58. The molecule has 0 radical (unpaired) electrons. The number of aromatic nitrogens is 4. The number of hydrogen-bond acceptors (Lipinski definition) is 7. The summed E-state index contributed by atoms with van der Waals surface area (Å²) in [6, 6.07) is 2.51. The van der Waals surface area contributed by atoms with Crippen LogP contribution in [0.4, 0.5) is 24.5 Å². The molecule has 1 fully saturated rings. The second kappa shape index (κ2) is 7.45. The fourth-order valence-electron chi connectivity index (χ4n) is 3.91. The quantitative estimate of drug-likeness (QED) is 0.448. The number of aryl methyl sites for hydroxylation is 2. The van der Waals surface area contributed by atoms with Gasteiger partial charge in [-0.3, -0.25) is 9.78 Å². The molecule has 0 saturated carbocycles. The van der Waals surface area contributed by atoms with Gasteiger partial charge in [-0.25, -0.2) is 9.50 Å². The van der Waals surface area contributed by atoms with Crippen LogP contribution in [0.2, 0.25) is 5.02 Å². The Morgan fingerprint density at radius 3 is 2.73 bits per heavy atom. The minimum atomic E-state index is -4.57. The monoisotopic (exact) mass is 495 g/mol. The van der Waals surface area contributed by atoms with Crippen LogP contribution in [0.15, 0.2) is 18.3 Å². The van der Waals surface area contributed by atoms with E-state index in [-0.39, 0.29) is 22.7 Å². The number of carbonyl (C=O) groups is 1. The van der Waals surface area contributed by atoms with E-state index in [2.05, 4.69) is 20.4 Å². The van der Waals surface area contributed by atoms with Crippen molar-refractivity contribution in [3.8, 4) is 0 Å². The molecule has 5 rings (SSSR count). The number of thiophene rings is 1. The molecule has 1 aliphatic heterocycles. The summed E-state index contributed by atoms with van der Waals surface area (Å²) in [4.78, 5) is 23.4. The maximum Gasteiger partial charge on any atom is 0.433 e. The molecule has 0 spiro atoms. The van der Waals surface area contributed by atoms with Crippen LogP contribution in [-0.2, 0) is 6.18 Å². The fourth-order valence-corrected chi connectivity index (χ4v) is 5.29. The van der Waals surface area contributed by atoms with E-state index in [0.29, 0.717) is 35.1 Å². The maximum atomic E-state index is 13.0. The van der Waals surface area contributed by atoms with Crippen LogP contribution < -0.4 is 16.0 Å². The number of nitrogens with zero attached hydrogens (tertiary/aromatic N) is 5. The van der Waals surface area contributed by atoms with Gasteiger partial charge >= 0.3 is 6.18 Å². The molecule has 4 aromatic heterocycles. The van der Waals surface area contributed by atoms with E-state index >= 15 is 0 Å². The Kier molecular flexibility index (Phi) is 4.90. The number of alkyl halides is 3. The number of rotatable bonds is 3. The number of anilines is 2. The molecule has 0 aliphatic carbocycles. The van der Waals surface area contributed by atoms with Crippen molar-refractivity contribution in [1.29, 1.82) is 0 Å². The summed E-state index contributed by atoms with van der Waals surface area (Å²) in [5, 5.41) is 8.15. The highest BCUT2D eigenvalue weighted by Gasteiger charge is 2.36. The number of halogens is 4. The number of nitrogens with two attached hydrogens (primary N) is 1. The van der Waals surface area contributed by atoms with Crippen LogP contribution in [0.3, 0.4) is 0 Å². The van der Waals surface area contributed by atoms with Gasteiger partial charge in [-0.2, -0.15) is 18.3 Å². The standard InChI is InChI=1S/C20H17ClF3N7OS/c1-8-3-14-27-9(2)29-31(14)19-15(8)16(25)17(33-19)18(32)28-10-6-30(7-10)12-4-13(20(22,23)24)26-5-11(12)21/h3-5,10H,6-7,25H2,1-2H3,(H,28,32). The van der Waals surface area contributed by atoms with E-state index < -0.39 is 11.9 Å². The topological polar surface area (TPSA) is 101 Å². The van der Waals surface area contributed by atoms with Crippen molar-refractivity contribution in [2.45, 2.75) is 26.1 Å². The Hall–Kier alpha value is -3.12. The average molecular weight is 496 g/mol. The van der Waals surface area contributed by atoms with Crippen LogP contribution in [-0.4, -0.2) is 44.6 Å². The highest BCUT2D eigenvalue weighted by molar-refractivity contribution is 7.21. The summed E-state index contributed by atoms with van der Waals surface area (Å²) in [7, 11) is 0. The number of carbonyl (C=O) groups excluding carboxylic acids is 1. The zero-order valence-corrected chi connectivity index (χ0v) is 18.9. The number of nitrogens with one attached hydrogen (secondary N) is 1. The Labute approximate surface area is 194 Å². The van der Waals surface area contributed by atoms with Crippen LogP contribution in [0.1, 0.15) is 26.8 Å². The lowest BCUT2D eigenvalue weighted by Gasteiger charge is -2.41. The lowest BCUT2D eigenvalue weighted by molar-refractivity contribution is -0.141. The molecule has 0 aromatic carbocycles. The Balaban J connectivity index is 1.35. The fraction of sp³-hybridized carbons (Fsp3) is 0.300. The molecule has 1 aliphatic rings. The van der Waals surface area contributed by atoms with E-state index in [4.69, 9.17) is 17.3 Å². The average Bonchev–Trinajstić information content (AvgIpc) is 3.24. The van der Waals surface area contributed by atoms with Crippen molar-refractivity contribution in [2.24, 2.45) is 0 Å². The second-order valence-corrected chi connectivity index (χ2v) is 9.28. The van der Waals surface area contributed by atoms with Gasteiger partial charge in [0.15, 0.2) is 5.65 Å². The largest absolute Gasteiger partial charge is 0.433 e. The van der Waals surface area contributed by atoms with Crippen molar-refractivity contribution in [3.63, 3.8) is 0 Å². The summed E-state index contributed by atoms with van der Waals surface area (Å²) in [6.45, 7) is 4.30. The molecule has 1 saturated heterocycles. The number of fused-ring (bicyclic) bond motifs is 3. The molecular weight excluding hydrogens is 479 g/mol. The number of pyridine rings is 2. The number of amides is 1. The van der Waals surface area contributed by atoms with Gasteiger partial charge in [-0.15, -0.1) is 11.3 Å². The molecule has 8 nitrogen and oxygen atoms in total. The second-order valence-electron chi connectivity index (χ2n) is 7.88. The first-order valence-corrected chi connectivity index (χ1v) is 11.1. The zero-order valence-electron chi connectivity index (χ0n) is 17.4. The molecule has 1 amide bonds. The first-order valence-electron chi connectivity index (χ1n) is 9.86. The molecule has 0 bridgehead atoms. The van der Waals surface area contributed by atoms with E-state index in [9.17, 15) is 18.0 Å². The molecule has 172 valence electrons. The Morgan fingerprint density at radius 1 is 1.30 bits per heavy atom. The molecule has 13 heteroatoms. The summed E-state index contributed by atoms with van der Waals surface area (Å²) in [5.74, 6) is 0.262. The van der Waals surface area contributed by atoms with Crippen molar-refractivity contribution in [2.75, 3.05) is 23.7 Å². The van der Waals surface area contributed by atoms with Crippen molar-refractivity contribution in [1.82, 2.24) is 24.9 Å². The van der Waals surface area contributed by atoms with Gasteiger partial charge in [0.25, 0.3) is 5.91 Å². The van der Waals surface area contributed by atoms with E-state index in [0.717, 1.165) is 28.0 Å². The maximum absolute atomic E-state index is 13.0. The van der Waals surface area contributed by atoms with Crippen molar-refractivity contribution < 1.29 is 18.0 Å². The van der Waals surface area contributed by atoms with Crippen molar-refractivity contribution in [3.05, 3.63) is 45.3 Å². The predicted molar refractivity (Wildman–Crippen MR) is 120 cm³/mol. The molecule has 3 N–H and O–H groups in total. The minimum Gasteiger partial charge on any atom is -0.397 e. The first-order chi connectivity index (χ1) is 15.5. The SMILES string of the molecule is Cc1nc2cc(C)c3c(N)c(C(=O)NC4CN(c5cc(C(F)(F)F)ncc5Cl)C4)sc3n2n1. The minimum absolute atomic E-state index is 0.115. The van der Waals surface area contributed by atoms with Gasteiger partial charge in [0.05, 0.1) is 22.4 Å². The highest BCUT2D eigenvalue weighted by atomic mass is 35.5. The summed E-state index contributed by atoms with van der Waals surface area (Å²) < 4.78 is 40.6. The van der Waals surface area contributed by atoms with E-state index in [1.54, 1.807) is 16.3 Å². The number of nitrogen functional groups attached to an aromatic ring is 1. The molecular formula is C20H17ClF3N7OS. The third kappa shape index (κ3) is 3.62. The lowest BCUT2D eigenvalue weighted by Crippen LogP contribution is -2.59. The first kappa shape index (κ1) is 21.7. The third-order valence-electron chi connectivity index (χ3n) is 5.49. The van der Waals surface area contributed by atoms with Gasteiger partial charge in [0.2, 0.25) is 0 Å².